The number of imidazole rings is 1. The molecule has 0 bridgehead atoms. The zero-order chi connectivity index (χ0) is 9.97. The number of aliphatic hydroxyl groups excluding tert-OH is 1. The highest BCUT2D eigenvalue weighted by atomic mass is 16.3. The fourth-order valence-corrected chi connectivity index (χ4v) is 1.29. The number of hydrogen-bond acceptors (Lipinski definition) is 3. The van der Waals surface area contributed by atoms with Crippen LogP contribution in [0.5, 0.6) is 0 Å². The molecule has 2 rings (SSSR count). The van der Waals surface area contributed by atoms with Gasteiger partial charge in [-0.2, -0.15) is 0 Å². The summed E-state index contributed by atoms with van der Waals surface area (Å²) in [6.07, 6.45) is 3.45. The van der Waals surface area contributed by atoms with Gasteiger partial charge in [0.25, 0.3) is 0 Å². The number of pyridine rings is 1. The second kappa shape index (κ2) is 3.59. The summed E-state index contributed by atoms with van der Waals surface area (Å²) in [5.74, 6) is 0.750. The molecule has 0 aliphatic heterocycles. The van der Waals surface area contributed by atoms with Crippen LogP contribution in [-0.2, 0) is 6.61 Å². The van der Waals surface area contributed by atoms with Gasteiger partial charge in [0, 0.05) is 23.7 Å². The van der Waals surface area contributed by atoms with E-state index in [-0.39, 0.29) is 6.61 Å². The zero-order valence-corrected chi connectivity index (χ0v) is 7.86. The molecule has 0 aromatic carbocycles. The van der Waals surface area contributed by atoms with Crippen LogP contribution in [0.3, 0.4) is 0 Å². The molecule has 0 fully saturated rings. The number of hydrogen-bond donors (Lipinski definition) is 2. The van der Waals surface area contributed by atoms with Crippen LogP contribution in [0, 0.1) is 6.92 Å². The van der Waals surface area contributed by atoms with Crippen molar-refractivity contribution in [3.63, 3.8) is 0 Å². The Hall–Kier alpha value is -1.68. The molecule has 0 spiro atoms. The van der Waals surface area contributed by atoms with Gasteiger partial charge in [-0.3, -0.25) is 4.98 Å². The lowest BCUT2D eigenvalue weighted by atomic mass is 10.3. The maximum absolute atomic E-state index is 8.98. The molecule has 14 heavy (non-hydrogen) atoms. The quantitative estimate of drug-likeness (QED) is 0.747. The van der Waals surface area contributed by atoms with Gasteiger partial charge < -0.3 is 10.1 Å². The van der Waals surface area contributed by atoms with Crippen LogP contribution >= 0.6 is 0 Å². The maximum atomic E-state index is 8.98. The predicted octanol–water partition coefficient (Wildman–Crippen LogP) is 1.27. The normalized spacial score (nSPS) is 10.4. The third kappa shape index (κ3) is 1.52. The Kier molecular flexibility index (Phi) is 2.28. The molecular weight excluding hydrogens is 178 g/mol. The van der Waals surface area contributed by atoms with Gasteiger partial charge in [-0.25, -0.2) is 4.98 Å². The second-order valence-electron chi connectivity index (χ2n) is 3.06. The van der Waals surface area contributed by atoms with Gasteiger partial charge in [-0.05, 0) is 19.1 Å². The Morgan fingerprint density at radius 3 is 2.93 bits per heavy atom. The lowest BCUT2D eigenvalue weighted by Crippen LogP contribution is -1.85. The lowest BCUT2D eigenvalue weighted by Gasteiger charge is -1.92. The van der Waals surface area contributed by atoms with E-state index in [0.717, 1.165) is 17.1 Å². The molecule has 2 N–H and O–H groups in total. The summed E-state index contributed by atoms with van der Waals surface area (Å²) in [5.41, 5.74) is 2.51. The topological polar surface area (TPSA) is 61.8 Å². The van der Waals surface area contributed by atoms with Crippen LogP contribution < -0.4 is 0 Å². The van der Waals surface area contributed by atoms with Gasteiger partial charge >= 0.3 is 0 Å². The molecule has 2 aromatic rings. The predicted molar refractivity (Wildman–Crippen MR) is 52.5 cm³/mol. The van der Waals surface area contributed by atoms with Crippen molar-refractivity contribution in [3.8, 4) is 11.4 Å². The summed E-state index contributed by atoms with van der Waals surface area (Å²) < 4.78 is 0. The van der Waals surface area contributed by atoms with Gasteiger partial charge in [0.1, 0.15) is 5.82 Å². The summed E-state index contributed by atoms with van der Waals surface area (Å²) in [6.45, 7) is 1.85. The maximum Gasteiger partial charge on any atom is 0.139 e. The van der Waals surface area contributed by atoms with E-state index in [2.05, 4.69) is 15.0 Å². The minimum atomic E-state index is -0.0391. The molecule has 4 heteroatoms. The van der Waals surface area contributed by atoms with Crippen molar-refractivity contribution in [2.45, 2.75) is 13.5 Å². The van der Waals surface area contributed by atoms with Gasteiger partial charge in [0.15, 0.2) is 0 Å². The number of aryl methyl sites for hydroxylation is 1. The number of aromatic amines is 1. The highest BCUT2D eigenvalue weighted by molar-refractivity contribution is 5.54. The first-order valence-electron chi connectivity index (χ1n) is 4.38. The number of nitrogens with one attached hydrogen (secondary N) is 1. The molecule has 0 atom stereocenters. The molecule has 4 nitrogen and oxygen atoms in total. The van der Waals surface area contributed by atoms with Crippen LogP contribution in [0.1, 0.15) is 11.4 Å². The van der Waals surface area contributed by atoms with Crippen molar-refractivity contribution in [1.82, 2.24) is 15.0 Å². The Morgan fingerprint density at radius 2 is 2.36 bits per heavy atom. The molecule has 72 valence electrons. The Labute approximate surface area is 81.7 Å². The van der Waals surface area contributed by atoms with Crippen LogP contribution in [0.15, 0.2) is 24.5 Å². The van der Waals surface area contributed by atoms with Crippen LogP contribution in [0.25, 0.3) is 11.4 Å². The van der Waals surface area contributed by atoms with Crippen molar-refractivity contribution in [1.29, 1.82) is 0 Å². The molecule has 2 aromatic heterocycles. The Balaban J connectivity index is 2.43. The van der Waals surface area contributed by atoms with Crippen molar-refractivity contribution >= 4 is 0 Å². The van der Waals surface area contributed by atoms with Crippen molar-refractivity contribution < 1.29 is 5.11 Å². The van der Waals surface area contributed by atoms with Gasteiger partial charge in [-0.15, -0.1) is 0 Å². The molecule has 0 unspecified atom stereocenters. The first kappa shape index (κ1) is 8.90. The largest absolute Gasteiger partial charge is 0.390 e. The average molecular weight is 189 g/mol. The molecule has 0 saturated carbocycles. The highest BCUT2D eigenvalue weighted by Gasteiger charge is 2.06. The first-order chi connectivity index (χ1) is 6.81. The number of nitrogens with zero attached hydrogens (tertiary/aromatic N) is 2. The third-order valence-corrected chi connectivity index (χ3v) is 2.07. The van der Waals surface area contributed by atoms with Crippen molar-refractivity contribution in [3.05, 3.63) is 35.9 Å². The first-order valence-corrected chi connectivity index (χ1v) is 4.38. The van der Waals surface area contributed by atoms with Crippen molar-refractivity contribution in [2.24, 2.45) is 0 Å². The fraction of sp³-hybridized carbons (Fsp3) is 0.200. The lowest BCUT2D eigenvalue weighted by molar-refractivity contribution is 0.276. The van der Waals surface area contributed by atoms with E-state index in [9.17, 15) is 0 Å². The van der Waals surface area contributed by atoms with E-state index in [1.807, 2.05) is 19.1 Å². The number of H-pyrrole nitrogens is 1. The summed E-state index contributed by atoms with van der Waals surface area (Å²) in [7, 11) is 0. The Morgan fingerprint density at radius 1 is 1.50 bits per heavy atom. The number of aromatic nitrogens is 3. The van der Waals surface area contributed by atoms with Crippen LogP contribution in [0.2, 0.25) is 0 Å². The van der Waals surface area contributed by atoms with Gasteiger partial charge in [0.05, 0.1) is 12.3 Å². The fourth-order valence-electron chi connectivity index (χ4n) is 1.29. The number of rotatable bonds is 2. The van der Waals surface area contributed by atoms with E-state index < -0.39 is 0 Å². The monoisotopic (exact) mass is 189 g/mol. The molecular formula is C10H11N3O. The summed E-state index contributed by atoms with van der Waals surface area (Å²) >= 11 is 0. The third-order valence-electron chi connectivity index (χ3n) is 2.07. The standard InChI is InChI=1S/C10H11N3O/c1-7-9(6-14)13-10(12-7)8-3-2-4-11-5-8/h2-5,14H,6H2,1H3,(H,12,13). The molecule has 0 amide bonds. The summed E-state index contributed by atoms with van der Waals surface area (Å²) in [5, 5.41) is 8.98. The second-order valence-corrected chi connectivity index (χ2v) is 3.06. The molecule has 0 radical (unpaired) electrons. The van der Waals surface area contributed by atoms with E-state index in [4.69, 9.17) is 5.11 Å². The van der Waals surface area contributed by atoms with E-state index in [1.165, 1.54) is 0 Å². The number of aliphatic hydroxyl groups is 1. The molecule has 0 saturated heterocycles. The zero-order valence-electron chi connectivity index (χ0n) is 7.86. The van der Waals surface area contributed by atoms with E-state index >= 15 is 0 Å². The smallest absolute Gasteiger partial charge is 0.139 e. The van der Waals surface area contributed by atoms with Gasteiger partial charge in [-0.1, -0.05) is 0 Å². The van der Waals surface area contributed by atoms with E-state index in [1.54, 1.807) is 12.4 Å². The van der Waals surface area contributed by atoms with Gasteiger partial charge in [0.2, 0.25) is 0 Å². The molecule has 0 aliphatic carbocycles. The minimum absolute atomic E-state index is 0.0391. The van der Waals surface area contributed by atoms with Crippen molar-refractivity contribution in [2.75, 3.05) is 0 Å². The SMILES string of the molecule is Cc1[nH]c(-c2cccnc2)nc1CO. The average Bonchev–Trinajstić information content (AvgIpc) is 2.61. The summed E-state index contributed by atoms with van der Waals surface area (Å²) in [6, 6.07) is 3.78. The minimum Gasteiger partial charge on any atom is -0.390 e. The van der Waals surface area contributed by atoms with E-state index in [0.29, 0.717) is 5.69 Å². The van der Waals surface area contributed by atoms with Crippen LogP contribution in [-0.4, -0.2) is 20.1 Å². The van der Waals surface area contributed by atoms with Crippen LogP contribution in [0.4, 0.5) is 0 Å². The molecule has 2 heterocycles. The highest BCUT2D eigenvalue weighted by Crippen LogP contribution is 2.16. The Bertz CT molecular complexity index is 422. The molecule has 0 aliphatic rings. The summed E-state index contributed by atoms with van der Waals surface area (Å²) in [4.78, 5) is 11.4.